The van der Waals surface area contributed by atoms with Gasteiger partial charge in [0.2, 0.25) is 0 Å². The van der Waals surface area contributed by atoms with Crippen molar-refractivity contribution < 1.29 is 0 Å². The van der Waals surface area contributed by atoms with Crippen LogP contribution in [0, 0.1) is 0 Å². The van der Waals surface area contributed by atoms with Gasteiger partial charge in [-0.1, -0.05) is 46.9 Å². The summed E-state index contributed by atoms with van der Waals surface area (Å²) in [6.45, 7) is 0.550. The molecule has 14 heavy (non-hydrogen) atoms. The van der Waals surface area contributed by atoms with Gasteiger partial charge in [0.15, 0.2) is 0 Å². The largest absolute Gasteiger partial charge is 0.326 e. The summed E-state index contributed by atoms with van der Waals surface area (Å²) < 4.78 is 0. The topological polar surface area (TPSA) is 38.9 Å². The van der Waals surface area contributed by atoms with Crippen molar-refractivity contribution in [2.24, 2.45) is 5.73 Å². The van der Waals surface area contributed by atoms with Gasteiger partial charge in [0.1, 0.15) is 0 Å². The van der Waals surface area contributed by atoms with Gasteiger partial charge >= 0.3 is 0 Å². The highest BCUT2D eigenvalue weighted by Gasteiger charge is 1.97. The molecule has 2 nitrogen and oxygen atoms in total. The highest BCUT2D eigenvalue weighted by atomic mass is 127. The van der Waals surface area contributed by atoms with E-state index in [1.165, 1.54) is 0 Å². The molecule has 0 spiro atoms. The second kappa shape index (κ2) is 5.93. The Morgan fingerprint density at radius 3 is 2.64 bits per heavy atom. The molecule has 1 heterocycles. The molecule has 1 aromatic heterocycles. The molecule has 2 aromatic rings. The van der Waals surface area contributed by atoms with Crippen LogP contribution < -0.4 is 5.73 Å². The first-order valence-electron chi connectivity index (χ1n) is 4.32. The van der Waals surface area contributed by atoms with Crippen LogP contribution in [-0.2, 0) is 6.54 Å². The first-order chi connectivity index (χ1) is 6.92. The van der Waals surface area contributed by atoms with Crippen molar-refractivity contribution >= 4 is 33.5 Å². The minimum Gasteiger partial charge on any atom is -0.326 e. The summed E-state index contributed by atoms with van der Waals surface area (Å²) in [5, 5.41) is 1.15. The van der Waals surface area contributed by atoms with E-state index in [0.29, 0.717) is 6.54 Å². The Kier molecular flexibility index (Phi) is 4.82. The molecule has 0 bridgehead atoms. The number of pyridine rings is 1. The number of nitrogens with two attached hydrogens (primary N) is 1. The maximum absolute atomic E-state index is 5.58. The molecule has 0 radical (unpaired) electrons. The van der Waals surface area contributed by atoms with E-state index in [-0.39, 0.29) is 0 Å². The lowest BCUT2D eigenvalue weighted by molar-refractivity contribution is 1.08. The summed E-state index contributed by atoms with van der Waals surface area (Å²) in [7, 11) is 0. The van der Waals surface area contributed by atoms with Crippen molar-refractivity contribution in [3.63, 3.8) is 0 Å². The zero-order valence-corrected chi connectivity index (χ0v) is 10.2. The van der Waals surface area contributed by atoms with E-state index < -0.39 is 0 Å². The maximum Gasteiger partial charge on any atom is 0.0746 e. The van der Waals surface area contributed by atoms with E-state index in [4.69, 9.17) is 5.73 Å². The van der Waals surface area contributed by atoms with Crippen LogP contribution in [0.4, 0.5) is 0 Å². The van der Waals surface area contributed by atoms with E-state index in [0.717, 1.165) is 16.5 Å². The Morgan fingerprint density at radius 2 is 1.93 bits per heavy atom. The Bertz CT molecular complexity index is 396. The lowest BCUT2D eigenvalue weighted by atomic mass is 10.1. The summed E-state index contributed by atoms with van der Waals surface area (Å²) in [6, 6.07) is 10.0. The fourth-order valence-corrected chi connectivity index (χ4v) is 1.33. The SMILES string of the molecule is CI.NCc1cccc2cccnc12. The summed E-state index contributed by atoms with van der Waals surface area (Å²) in [4.78, 5) is 6.24. The Morgan fingerprint density at radius 1 is 1.21 bits per heavy atom. The average molecular weight is 300 g/mol. The first-order valence-corrected chi connectivity index (χ1v) is 6.48. The van der Waals surface area contributed by atoms with Crippen LogP contribution in [0.5, 0.6) is 0 Å². The van der Waals surface area contributed by atoms with Crippen molar-refractivity contribution in [2.75, 3.05) is 4.93 Å². The van der Waals surface area contributed by atoms with Gasteiger partial charge in [-0.15, -0.1) is 0 Å². The van der Waals surface area contributed by atoms with E-state index >= 15 is 0 Å². The monoisotopic (exact) mass is 300 g/mol. The van der Waals surface area contributed by atoms with Crippen molar-refractivity contribution in [2.45, 2.75) is 6.54 Å². The molecule has 2 rings (SSSR count). The third-order valence-electron chi connectivity index (χ3n) is 1.94. The molecule has 74 valence electrons. The molecule has 0 amide bonds. The predicted molar refractivity (Wildman–Crippen MR) is 69.6 cm³/mol. The van der Waals surface area contributed by atoms with Crippen molar-refractivity contribution in [3.8, 4) is 0 Å². The minimum absolute atomic E-state index is 0.550. The van der Waals surface area contributed by atoms with E-state index in [1.807, 2.05) is 35.3 Å². The Balaban J connectivity index is 0.000000461. The fraction of sp³-hybridized carbons (Fsp3) is 0.182. The van der Waals surface area contributed by atoms with E-state index in [2.05, 4.69) is 27.6 Å². The summed E-state index contributed by atoms with van der Waals surface area (Å²) >= 11 is 2.15. The predicted octanol–water partition coefficient (Wildman–Crippen LogP) is 2.74. The lowest BCUT2D eigenvalue weighted by Gasteiger charge is -2.00. The van der Waals surface area contributed by atoms with Crippen molar-refractivity contribution in [3.05, 3.63) is 42.1 Å². The highest BCUT2D eigenvalue weighted by molar-refractivity contribution is 14.1. The van der Waals surface area contributed by atoms with Gasteiger partial charge in [0.25, 0.3) is 0 Å². The molecule has 0 aliphatic carbocycles. The smallest absolute Gasteiger partial charge is 0.0746 e. The van der Waals surface area contributed by atoms with Crippen LogP contribution in [-0.4, -0.2) is 9.91 Å². The summed E-state index contributed by atoms with van der Waals surface area (Å²) in [5.41, 5.74) is 7.70. The van der Waals surface area contributed by atoms with Gasteiger partial charge in [-0.2, -0.15) is 0 Å². The number of rotatable bonds is 1. The third-order valence-corrected chi connectivity index (χ3v) is 1.94. The standard InChI is InChI=1S/C10H10N2.CH3I/c11-7-9-4-1-3-8-5-2-6-12-10(8)9;1-2/h1-6H,7,11H2;1H3. The molecule has 0 fully saturated rings. The third kappa shape index (κ3) is 2.42. The number of halogens is 1. The number of hydrogen-bond donors (Lipinski definition) is 1. The zero-order valence-electron chi connectivity index (χ0n) is 8.07. The van der Waals surface area contributed by atoms with Crippen LogP contribution in [0.3, 0.4) is 0 Å². The molecule has 2 N–H and O–H groups in total. The zero-order chi connectivity index (χ0) is 10.4. The van der Waals surface area contributed by atoms with Crippen LogP contribution in [0.15, 0.2) is 36.5 Å². The molecule has 0 aliphatic rings. The molecule has 3 heteroatoms. The highest BCUT2D eigenvalue weighted by Crippen LogP contribution is 2.14. The van der Waals surface area contributed by atoms with Crippen LogP contribution in [0.25, 0.3) is 10.9 Å². The van der Waals surface area contributed by atoms with Gasteiger partial charge in [0.05, 0.1) is 5.52 Å². The van der Waals surface area contributed by atoms with Gasteiger partial charge in [0, 0.05) is 18.1 Å². The van der Waals surface area contributed by atoms with Gasteiger partial charge in [-0.25, -0.2) is 0 Å². The fourth-order valence-electron chi connectivity index (χ4n) is 1.33. The number of aromatic nitrogens is 1. The summed E-state index contributed by atoms with van der Waals surface area (Å²) in [6.07, 6.45) is 1.79. The molecular formula is C11H13IN2. The molecule has 0 aliphatic heterocycles. The number of nitrogens with zero attached hydrogens (tertiary/aromatic N) is 1. The van der Waals surface area contributed by atoms with E-state index in [9.17, 15) is 0 Å². The average Bonchev–Trinajstić information content (AvgIpc) is 2.31. The van der Waals surface area contributed by atoms with Gasteiger partial charge < -0.3 is 5.73 Å². The van der Waals surface area contributed by atoms with Crippen LogP contribution in [0.1, 0.15) is 5.56 Å². The quantitative estimate of drug-likeness (QED) is 0.649. The maximum atomic E-state index is 5.58. The lowest BCUT2D eigenvalue weighted by Crippen LogP contribution is -1.97. The normalized spacial score (nSPS) is 9.36. The number of fused-ring (bicyclic) bond motifs is 1. The molecule has 0 saturated heterocycles. The van der Waals surface area contributed by atoms with Crippen LogP contribution in [0.2, 0.25) is 0 Å². The second-order valence-electron chi connectivity index (χ2n) is 2.70. The van der Waals surface area contributed by atoms with E-state index in [1.54, 1.807) is 6.20 Å². The van der Waals surface area contributed by atoms with Crippen LogP contribution >= 0.6 is 22.6 Å². The molecule has 0 saturated carbocycles. The Labute approximate surface area is 97.7 Å². The number of para-hydroxylation sites is 1. The molecule has 0 unspecified atom stereocenters. The Hall–Kier alpha value is -0.680. The second-order valence-corrected chi connectivity index (χ2v) is 2.70. The molecular weight excluding hydrogens is 287 g/mol. The minimum atomic E-state index is 0.550. The number of hydrogen-bond acceptors (Lipinski definition) is 2. The van der Waals surface area contributed by atoms with Gasteiger partial charge in [-0.05, 0) is 16.6 Å². The van der Waals surface area contributed by atoms with Crippen molar-refractivity contribution in [1.82, 2.24) is 4.98 Å². The molecule has 0 atom stereocenters. The number of benzene rings is 1. The molecule has 1 aromatic carbocycles. The van der Waals surface area contributed by atoms with Gasteiger partial charge in [-0.3, -0.25) is 4.98 Å². The van der Waals surface area contributed by atoms with Crippen molar-refractivity contribution in [1.29, 1.82) is 0 Å². The first kappa shape index (κ1) is 11.4. The summed E-state index contributed by atoms with van der Waals surface area (Å²) in [5.74, 6) is 0. The number of alkyl halides is 1.